The highest BCUT2D eigenvalue weighted by atomic mass is 35.5. The summed E-state index contributed by atoms with van der Waals surface area (Å²) in [5.41, 5.74) is -0.443. The third kappa shape index (κ3) is 2.22. The van der Waals surface area contributed by atoms with Crippen LogP contribution in [0.2, 0.25) is 0 Å². The molecule has 0 aromatic rings. The van der Waals surface area contributed by atoms with Gasteiger partial charge in [0, 0.05) is 0 Å². The molecule has 0 radical (unpaired) electrons. The molecule has 0 heterocycles. The van der Waals surface area contributed by atoms with Gasteiger partial charge in [0.15, 0.2) is 0 Å². The van der Waals surface area contributed by atoms with Crippen molar-refractivity contribution in [3.8, 4) is 0 Å². The van der Waals surface area contributed by atoms with Crippen LogP contribution in [0.5, 0.6) is 0 Å². The third-order valence-electron chi connectivity index (χ3n) is 1.51. The molecule has 0 aromatic heterocycles. The summed E-state index contributed by atoms with van der Waals surface area (Å²) in [7, 11) is 0. The lowest BCUT2D eigenvalue weighted by molar-refractivity contribution is -0.143. The minimum atomic E-state index is -0.443. The Bertz CT molecular complexity index is 110. The molecule has 0 rings (SSSR count). The van der Waals surface area contributed by atoms with E-state index in [2.05, 4.69) is 4.29 Å². The lowest BCUT2D eigenvalue weighted by atomic mass is 9.91. The van der Waals surface area contributed by atoms with E-state index in [0.717, 1.165) is 6.42 Å². The number of halogens is 1. The van der Waals surface area contributed by atoms with E-state index >= 15 is 0 Å². The molecule has 0 saturated carbocycles. The van der Waals surface area contributed by atoms with E-state index in [9.17, 15) is 4.79 Å². The van der Waals surface area contributed by atoms with Crippen LogP contribution in [0.1, 0.15) is 27.2 Å². The molecule has 0 spiro atoms. The van der Waals surface area contributed by atoms with Gasteiger partial charge in [-0.1, -0.05) is 6.92 Å². The molecule has 0 amide bonds. The molecule has 2 nitrogen and oxygen atoms in total. The zero-order valence-electron chi connectivity index (χ0n) is 5.90. The van der Waals surface area contributed by atoms with Gasteiger partial charge in [0.1, 0.15) is 11.9 Å². The lowest BCUT2D eigenvalue weighted by Crippen LogP contribution is -2.22. The Morgan fingerprint density at radius 1 is 1.67 bits per heavy atom. The van der Waals surface area contributed by atoms with Gasteiger partial charge in [0.25, 0.3) is 0 Å². The quantitative estimate of drug-likeness (QED) is 0.603. The van der Waals surface area contributed by atoms with E-state index in [0.29, 0.717) is 0 Å². The topological polar surface area (TPSA) is 26.3 Å². The number of rotatable bonds is 2. The van der Waals surface area contributed by atoms with Crippen molar-refractivity contribution in [3.63, 3.8) is 0 Å². The van der Waals surface area contributed by atoms with Crippen molar-refractivity contribution >= 4 is 17.8 Å². The predicted octanol–water partition coefficient (Wildman–Crippen LogP) is 2.12. The fraction of sp³-hybridized carbons (Fsp3) is 0.833. The molecule has 0 aliphatic rings. The average Bonchev–Trinajstić information content (AvgIpc) is 1.86. The standard InChI is InChI=1S/C6H11ClO2/c1-4-6(2,3)5(8)9-7/h4H2,1-3H3. The first-order valence-electron chi connectivity index (χ1n) is 2.87. The van der Waals surface area contributed by atoms with Crippen LogP contribution in [-0.2, 0) is 9.08 Å². The summed E-state index contributed by atoms with van der Waals surface area (Å²) in [4.78, 5) is 10.7. The van der Waals surface area contributed by atoms with E-state index in [1.807, 2.05) is 6.92 Å². The van der Waals surface area contributed by atoms with Gasteiger partial charge >= 0.3 is 5.97 Å². The smallest absolute Gasteiger partial charge is 0.330 e. The molecular weight excluding hydrogens is 140 g/mol. The molecule has 0 atom stereocenters. The molecule has 0 N–H and O–H groups in total. The molecule has 0 aliphatic heterocycles. The number of carbonyl (C=O) groups is 1. The second-order valence-electron chi connectivity index (χ2n) is 2.60. The molecule has 54 valence electrons. The largest absolute Gasteiger partial charge is 0.347 e. The molecule has 0 aromatic carbocycles. The predicted molar refractivity (Wildman–Crippen MR) is 36.0 cm³/mol. The highest BCUT2D eigenvalue weighted by molar-refractivity contribution is 6.13. The van der Waals surface area contributed by atoms with E-state index in [1.54, 1.807) is 13.8 Å². The first-order chi connectivity index (χ1) is 4.04. The van der Waals surface area contributed by atoms with Gasteiger partial charge in [0.05, 0.1) is 5.41 Å². The zero-order chi connectivity index (χ0) is 7.49. The maximum absolute atomic E-state index is 10.7. The normalized spacial score (nSPS) is 11.1. The van der Waals surface area contributed by atoms with Crippen molar-refractivity contribution in [2.45, 2.75) is 27.2 Å². The molecule has 0 saturated heterocycles. The van der Waals surface area contributed by atoms with E-state index < -0.39 is 5.41 Å². The van der Waals surface area contributed by atoms with Crippen molar-refractivity contribution in [1.82, 2.24) is 0 Å². The van der Waals surface area contributed by atoms with Crippen molar-refractivity contribution in [2.75, 3.05) is 0 Å². The van der Waals surface area contributed by atoms with Crippen molar-refractivity contribution in [2.24, 2.45) is 5.41 Å². The molecular formula is C6H11ClO2. The maximum Gasteiger partial charge on any atom is 0.330 e. The summed E-state index contributed by atoms with van der Waals surface area (Å²) in [6.45, 7) is 5.49. The first-order valence-corrected chi connectivity index (χ1v) is 3.18. The van der Waals surface area contributed by atoms with Crippen LogP contribution in [0.25, 0.3) is 0 Å². The summed E-state index contributed by atoms with van der Waals surface area (Å²) < 4.78 is 4.04. The Morgan fingerprint density at radius 2 is 2.11 bits per heavy atom. The first kappa shape index (κ1) is 8.76. The van der Waals surface area contributed by atoms with Crippen LogP contribution in [0, 0.1) is 5.41 Å². The second-order valence-corrected chi connectivity index (χ2v) is 2.76. The van der Waals surface area contributed by atoms with E-state index in [-0.39, 0.29) is 5.97 Å². The van der Waals surface area contributed by atoms with E-state index in [1.165, 1.54) is 0 Å². The fourth-order valence-corrected chi connectivity index (χ4v) is 0.458. The minimum absolute atomic E-state index is 0.369. The van der Waals surface area contributed by atoms with Crippen LogP contribution >= 0.6 is 11.9 Å². The van der Waals surface area contributed by atoms with Crippen LogP contribution in [0.3, 0.4) is 0 Å². The summed E-state index contributed by atoms with van der Waals surface area (Å²) >= 11 is 4.87. The Kier molecular flexibility index (Phi) is 2.98. The molecule has 0 fully saturated rings. The SMILES string of the molecule is CCC(C)(C)C(=O)OCl. The van der Waals surface area contributed by atoms with Crippen molar-refractivity contribution < 1.29 is 9.08 Å². The van der Waals surface area contributed by atoms with Gasteiger partial charge in [-0.05, 0) is 20.3 Å². The Hall–Kier alpha value is -0.240. The molecule has 0 aliphatic carbocycles. The van der Waals surface area contributed by atoms with Gasteiger partial charge in [-0.2, -0.15) is 0 Å². The van der Waals surface area contributed by atoms with Crippen LogP contribution in [0.15, 0.2) is 0 Å². The summed E-state index contributed by atoms with van der Waals surface area (Å²) in [5.74, 6) is -0.369. The Balaban J connectivity index is 3.97. The lowest BCUT2D eigenvalue weighted by Gasteiger charge is -2.16. The maximum atomic E-state index is 10.7. The molecule has 0 unspecified atom stereocenters. The number of hydrogen-bond acceptors (Lipinski definition) is 2. The molecule has 3 heteroatoms. The minimum Gasteiger partial charge on any atom is -0.347 e. The average molecular weight is 151 g/mol. The highest BCUT2D eigenvalue weighted by Crippen LogP contribution is 2.21. The summed E-state index contributed by atoms with van der Waals surface area (Å²) in [6, 6.07) is 0. The van der Waals surface area contributed by atoms with Crippen LogP contribution < -0.4 is 0 Å². The molecule has 0 bridgehead atoms. The van der Waals surface area contributed by atoms with Crippen LogP contribution in [0.4, 0.5) is 0 Å². The number of hydrogen-bond donors (Lipinski definition) is 0. The van der Waals surface area contributed by atoms with Gasteiger partial charge in [0.2, 0.25) is 0 Å². The van der Waals surface area contributed by atoms with Gasteiger partial charge < -0.3 is 4.29 Å². The van der Waals surface area contributed by atoms with Gasteiger partial charge in [-0.25, -0.2) is 4.79 Å². The summed E-state index contributed by atoms with van der Waals surface area (Å²) in [6.07, 6.45) is 0.735. The Morgan fingerprint density at radius 3 is 2.22 bits per heavy atom. The molecule has 9 heavy (non-hydrogen) atoms. The zero-order valence-corrected chi connectivity index (χ0v) is 6.66. The monoisotopic (exact) mass is 150 g/mol. The summed E-state index contributed by atoms with van der Waals surface area (Å²) in [5, 5.41) is 0. The second kappa shape index (κ2) is 3.06. The number of carbonyl (C=O) groups excluding carboxylic acids is 1. The third-order valence-corrected chi connectivity index (χ3v) is 1.65. The van der Waals surface area contributed by atoms with E-state index in [4.69, 9.17) is 11.9 Å². The van der Waals surface area contributed by atoms with Crippen molar-refractivity contribution in [3.05, 3.63) is 0 Å². The fourth-order valence-electron chi connectivity index (χ4n) is 0.249. The van der Waals surface area contributed by atoms with Crippen molar-refractivity contribution in [1.29, 1.82) is 0 Å². The van der Waals surface area contributed by atoms with Gasteiger partial charge in [-0.3, -0.25) is 0 Å². The van der Waals surface area contributed by atoms with Gasteiger partial charge in [-0.15, -0.1) is 0 Å². The highest BCUT2D eigenvalue weighted by Gasteiger charge is 2.26. The van der Waals surface area contributed by atoms with Crippen LogP contribution in [-0.4, -0.2) is 5.97 Å². The Labute approximate surface area is 60.3 Å².